The maximum atomic E-state index is 12.7. The molecule has 0 aliphatic carbocycles. The molecule has 0 spiro atoms. The van der Waals surface area contributed by atoms with Gasteiger partial charge in [-0.15, -0.1) is 6.58 Å². The zero-order valence-electron chi connectivity index (χ0n) is 16.5. The number of hydrogen-bond acceptors (Lipinski definition) is 6. The number of sulfonamides is 1. The second-order valence-corrected chi connectivity index (χ2v) is 8.10. The third-order valence-corrected chi connectivity index (χ3v) is 5.53. The molecule has 1 amide bonds. The third-order valence-electron chi connectivity index (χ3n) is 4.09. The molecule has 3 N–H and O–H groups in total. The fourth-order valence-electron chi connectivity index (χ4n) is 2.52. The first-order valence-corrected chi connectivity index (χ1v) is 10.5. The van der Waals surface area contributed by atoms with Crippen molar-refractivity contribution in [2.45, 2.75) is 11.1 Å². The number of carbonyl (C=O) groups is 1. The van der Waals surface area contributed by atoms with Crippen LogP contribution in [0.2, 0.25) is 0 Å². The minimum atomic E-state index is -4.71. The molecule has 2 aromatic rings. The molecule has 0 bridgehead atoms. The molecule has 2 rings (SSSR count). The second-order valence-electron chi connectivity index (χ2n) is 6.33. The van der Waals surface area contributed by atoms with Crippen LogP contribution in [0.5, 0.6) is 0 Å². The number of hydrogen-bond donors (Lipinski definition) is 3. The zero-order chi connectivity index (χ0) is 23.9. The molecule has 0 unspecified atom stereocenters. The van der Waals surface area contributed by atoms with Gasteiger partial charge in [0.2, 0.25) is 10.0 Å². The van der Waals surface area contributed by atoms with Crippen molar-refractivity contribution < 1.29 is 31.3 Å². The van der Waals surface area contributed by atoms with Crippen LogP contribution >= 0.6 is 0 Å². The lowest BCUT2D eigenvalue weighted by atomic mass is 10.1. The molecule has 0 saturated carbocycles. The highest BCUT2D eigenvalue weighted by atomic mass is 32.2. The van der Waals surface area contributed by atoms with Crippen LogP contribution in [0.25, 0.3) is 0 Å². The quantitative estimate of drug-likeness (QED) is 0.211. The van der Waals surface area contributed by atoms with Crippen molar-refractivity contribution in [1.29, 1.82) is 0 Å². The summed E-state index contributed by atoms with van der Waals surface area (Å²) in [5.41, 5.74) is -1.84. The Morgan fingerprint density at radius 1 is 1.12 bits per heavy atom. The minimum absolute atomic E-state index is 0.00203. The van der Waals surface area contributed by atoms with Crippen LogP contribution in [0.4, 0.5) is 24.5 Å². The second kappa shape index (κ2) is 10.2. The Morgan fingerprint density at radius 2 is 1.78 bits per heavy atom. The summed E-state index contributed by atoms with van der Waals surface area (Å²) < 4.78 is 64.5. The lowest BCUT2D eigenvalue weighted by molar-refractivity contribution is -0.384. The van der Waals surface area contributed by atoms with Gasteiger partial charge in [0.25, 0.3) is 11.6 Å². The van der Waals surface area contributed by atoms with E-state index in [1.807, 2.05) is 0 Å². The van der Waals surface area contributed by atoms with Crippen LogP contribution in [0, 0.1) is 10.1 Å². The molecule has 32 heavy (non-hydrogen) atoms. The number of halogens is 3. The van der Waals surface area contributed by atoms with Crippen molar-refractivity contribution in [3.8, 4) is 0 Å². The first-order valence-electron chi connectivity index (χ1n) is 9.04. The molecular weight excluding hydrogens is 453 g/mol. The molecule has 0 saturated heterocycles. The maximum Gasteiger partial charge on any atom is 0.416 e. The highest BCUT2D eigenvalue weighted by molar-refractivity contribution is 7.89. The molecule has 9 nitrogen and oxygen atoms in total. The Kier molecular flexibility index (Phi) is 7.94. The van der Waals surface area contributed by atoms with Crippen LogP contribution in [-0.2, 0) is 16.2 Å². The normalized spacial score (nSPS) is 11.6. The van der Waals surface area contributed by atoms with Gasteiger partial charge in [0.15, 0.2) is 0 Å². The number of carbonyl (C=O) groups excluding carboxylic acids is 1. The van der Waals surface area contributed by atoms with Crippen molar-refractivity contribution in [2.75, 3.05) is 25.0 Å². The van der Waals surface area contributed by atoms with E-state index in [9.17, 15) is 36.5 Å². The molecule has 0 aliphatic heterocycles. The Bertz CT molecular complexity index is 1100. The molecule has 0 radical (unpaired) electrons. The number of rotatable bonds is 10. The van der Waals surface area contributed by atoms with Gasteiger partial charge < -0.3 is 10.6 Å². The van der Waals surface area contributed by atoms with E-state index in [4.69, 9.17) is 0 Å². The van der Waals surface area contributed by atoms with Gasteiger partial charge in [-0.1, -0.05) is 6.08 Å². The Hall–Kier alpha value is -3.45. The lowest BCUT2D eigenvalue weighted by Gasteiger charge is -2.11. The van der Waals surface area contributed by atoms with Gasteiger partial charge in [0, 0.05) is 31.3 Å². The number of anilines is 1. The standard InChI is InChI=1S/C19H19F3N4O5S/c1-2-9-25-32(30,31)15-6-3-13(4-7-15)18(27)24-11-10-23-16-8-5-14(19(20,21)22)12-17(16)26(28)29/h2-8,12,23,25H,1,9-11H2,(H,24,27). The van der Waals surface area contributed by atoms with E-state index in [0.29, 0.717) is 12.1 Å². The first kappa shape index (κ1) is 24.8. The van der Waals surface area contributed by atoms with Crippen LogP contribution in [-0.4, -0.2) is 38.9 Å². The van der Waals surface area contributed by atoms with Gasteiger partial charge >= 0.3 is 6.18 Å². The summed E-state index contributed by atoms with van der Waals surface area (Å²) in [7, 11) is -3.73. The largest absolute Gasteiger partial charge is 0.416 e. The molecule has 0 heterocycles. The predicted molar refractivity (Wildman–Crippen MR) is 111 cm³/mol. The molecule has 13 heteroatoms. The molecular formula is C19H19F3N4O5S. The van der Waals surface area contributed by atoms with Crippen LogP contribution in [0.1, 0.15) is 15.9 Å². The molecule has 2 aromatic carbocycles. The third kappa shape index (κ3) is 6.52. The summed E-state index contributed by atoms with van der Waals surface area (Å²) >= 11 is 0. The van der Waals surface area contributed by atoms with Crippen LogP contribution in [0.3, 0.4) is 0 Å². The number of nitrogens with one attached hydrogen (secondary N) is 3. The topological polar surface area (TPSA) is 130 Å². The van der Waals surface area contributed by atoms with Gasteiger partial charge in [-0.3, -0.25) is 14.9 Å². The van der Waals surface area contributed by atoms with Crippen molar-refractivity contribution >= 4 is 27.3 Å². The van der Waals surface area contributed by atoms with Gasteiger partial charge in [-0.25, -0.2) is 13.1 Å². The van der Waals surface area contributed by atoms with E-state index in [0.717, 1.165) is 6.07 Å². The summed E-state index contributed by atoms with van der Waals surface area (Å²) in [5.74, 6) is -0.531. The van der Waals surface area contributed by atoms with Crippen molar-refractivity contribution in [2.24, 2.45) is 0 Å². The summed E-state index contributed by atoms with van der Waals surface area (Å²) in [6.45, 7) is 3.46. The average Bonchev–Trinajstić information content (AvgIpc) is 2.74. The Morgan fingerprint density at radius 3 is 2.34 bits per heavy atom. The van der Waals surface area contributed by atoms with Crippen molar-refractivity contribution in [3.05, 3.63) is 76.4 Å². The van der Waals surface area contributed by atoms with Gasteiger partial charge in [0.1, 0.15) is 5.69 Å². The lowest BCUT2D eigenvalue weighted by Crippen LogP contribution is -2.29. The van der Waals surface area contributed by atoms with Crippen molar-refractivity contribution in [1.82, 2.24) is 10.0 Å². The highest BCUT2D eigenvalue weighted by Crippen LogP contribution is 2.34. The smallest absolute Gasteiger partial charge is 0.378 e. The Labute approximate surface area is 181 Å². The van der Waals surface area contributed by atoms with Gasteiger partial charge in [-0.05, 0) is 36.4 Å². The monoisotopic (exact) mass is 472 g/mol. The summed E-state index contributed by atoms with van der Waals surface area (Å²) in [6, 6.07) is 7.22. The summed E-state index contributed by atoms with van der Waals surface area (Å²) in [6.07, 6.45) is -3.33. The van der Waals surface area contributed by atoms with Gasteiger partial charge in [0.05, 0.1) is 15.4 Å². The van der Waals surface area contributed by atoms with E-state index in [2.05, 4.69) is 21.9 Å². The first-order chi connectivity index (χ1) is 15.0. The number of alkyl halides is 3. The van der Waals surface area contributed by atoms with Gasteiger partial charge in [-0.2, -0.15) is 13.2 Å². The number of benzene rings is 2. The van der Waals surface area contributed by atoms with E-state index < -0.39 is 38.3 Å². The van der Waals surface area contributed by atoms with E-state index >= 15 is 0 Å². The summed E-state index contributed by atoms with van der Waals surface area (Å²) in [4.78, 5) is 22.3. The predicted octanol–water partition coefficient (Wildman–Crippen LogP) is 2.92. The molecule has 0 aliphatic rings. The fourth-order valence-corrected chi connectivity index (χ4v) is 3.52. The number of amides is 1. The maximum absolute atomic E-state index is 12.7. The SMILES string of the molecule is C=CCNS(=O)(=O)c1ccc(C(=O)NCCNc2ccc(C(F)(F)F)cc2[N+](=O)[O-])cc1. The van der Waals surface area contributed by atoms with Crippen LogP contribution in [0.15, 0.2) is 60.0 Å². The van der Waals surface area contributed by atoms with E-state index in [1.165, 1.54) is 30.3 Å². The average molecular weight is 472 g/mol. The summed E-state index contributed by atoms with van der Waals surface area (Å²) in [5, 5.41) is 16.2. The van der Waals surface area contributed by atoms with E-state index in [-0.39, 0.29) is 35.8 Å². The molecule has 0 fully saturated rings. The molecule has 0 atom stereocenters. The number of nitrogens with zero attached hydrogens (tertiary/aromatic N) is 1. The zero-order valence-corrected chi connectivity index (χ0v) is 17.3. The number of nitro benzene ring substituents is 1. The fraction of sp³-hybridized carbons (Fsp3) is 0.211. The number of nitro groups is 1. The Balaban J connectivity index is 1.95. The molecule has 172 valence electrons. The van der Waals surface area contributed by atoms with Crippen LogP contribution < -0.4 is 15.4 Å². The van der Waals surface area contributed by atoms with Crippen molar-refractivity contribution in [3.63, 3.8) is 0 Å². The minimum Gasteiger partial charge on any atom is -0.378 e. The molecule has 0 aromatic heterocycles. The highest BCUT2D eigenvalue weighted by Gasteiger charge is 2.33. The van der Waals surface area contributed by atoms with E-state index in [1.54, 1.807) is 0 Å².